The minimum absolute atomic E-state index is 0.287. The molecule has 0 aromatic carbocycles. The summed E-state index contributed by atoms with van der Waals surface area (Å²) in [5.74, 6) is 1.66. The molecule has 0 amide bonds. The molecular weight excluding hydrogens is 154 g/mol. The molecule has 0 aliphatic rings. The highest BCUT2D eigenvalue weighted by Crippen LogP contribution is 2.13. The van der Waals surface area contributed by atoms with Gasteiger partial charge < -0.3 is 15.2 Å². The average molecular weight is 169 g/mol. The fourth-order valence-electron chi connectivity index (χ4n) is 0.903. The van der Waals surface area contributed by atoms with Crippen molar-refractivity contribution in [2.24, 2.45) is 5.73 Å². The van der Waals surface area contributed by atoms with Gasteiger partial charge in [-0.05, 0) is 13.8 Å². The maximum absolute atomic E-state index is 5.52. The molecule has 0 saturated heterocycles. The van der Waals surface area contributed by atoms with Crippen molar-refractivity contribution in [2.75, 3.05) is 18.5 Å². The Labute approximate surface area is 72.3 Å². The molecule has 0 aliphatic heterocycles. The van der Waals surface area contributed by atoms with Crippen molar-refractivity contribution in [3.63, 3.8) is 0 Å². The number of hydrogen-bond donors (Lipinski definition) is 1. The molecule has 1 unspecified atom stereocenters. The van der Waals surface area contributed by atoms with E-state index >= 15 is 0 Å². The second kappa shape index (κ2) is 3.58. The maximum Gasteiger partial charge on any atom is 0.172 e. The Morgan fingerprint density at radius 1 is 1.75 bits per heavy atom. The summed E-state index contributed by atoms with van der Waals surface area (Å²) in [7, 11) is 1.95. The van der Waals surface area contributed by atoms with Crippen LogP contribution in [-0.2, 0) is 0 Å². The molecule has 1 rings (SSSR count). The van der Waals surface area contributed by atoms with Crippen LogP contribution in [-0.4, -0.2) is 24.8 Å². The highest BCUT2D eigenvalue weighted by atomic mass is 16.5. The normalized spacial score (nSPS) is 13.0. The summed E-state index contributed by atoms with van der Waals surface area (Å²) in [6.07, 6.45) is 0. The third kappa shape index (κ3) is 1.76. The highest BCUT2D eigenvalue weighted by Gasteiger charge is 2.11. The minimum atomic E-state index is 0.287. The Hall–Kier alpha value is -1.03. The Morgan fingerprint density at radius 3 is 2.83 bits per heavy atom. The van der Waals surface area contributed by atoms with Gasteiger partial charge in [0, 0.05) is 25.7 Å². The SMILES string of the molecule is Cc1cc(N(C)C(C)CN)no1. The molecule has 0 aliphatic carbocycles. The molecule has 0 bridgehead atoms. The number of aryl methyl sites for hydroxylation is 1. The molecule has 0 radical (unpaired) electrons. The first-order chi connectivity index (χ1) is 5.65. The van der Waals surface area contributed by atoms with Crippen molar-refractivity contribution in [3.05, 3.63) is 11.8 Å². The van der Waals surface area contributed by atoms with Gasteiger partial charge in [-0.15, -0.1) is 0 Å². The van der Waals surface area contributed by atoms with E-state index in [-0.39, 0.29) is 6.04 Å². The number of anilines is 1. The quantitative estimate of drug-likeness (QED) is 0.726. The van der Waals surface area contributed by atoms with Crippen molar-refractivity contribution in [3.8, 4) is 0 Å². The molecule has 0 saturated carbocycles. The van der Waals surface area contributed by atoms with Gasteiger partial charge in [0.05, 0.1) is 0 Å². The molecule has 1 aromatic heterocycles. The molecule has 0 spiro atoms. The zero-order chi connectivity index (χ0) is 9.14. The Balaban J connectivity index is 2.70. The first-order valence-corrected chi connectivity index (χ1v) is 4.01. The van der Waals surface area contributed by atoms with E-state index in [4.69, 9.17) is 10.3 Å². The smallest absolute Gasteiger partial charge is 0.172 e. The van der Waals surface area contributed by atoms with Crippen molar-refractivity contribution in [2.45, 2.75) is 19.9 Å². The third-order valence-corrected chi connectivity index (χ3v) is 1.98. The molecule has 2 N–H and O–H groups in total. The average Bonchev–Trinajstić information content (AvgIpc) is 2.49. The van der Waals surface area contributed by atoms with Gasteiger partial charge in [0.25, 0.3) is 0 Å². The van der Waals surface area contributed by atoms with Crippen molar-refractivity contribution in [1.82, 2.24) is 5.16 Å². The molecule has 1 aromatic rings. The lowest BCUT2D eigenvalue weighted by Crippen LogP contribution is -2.35. The molecule has 12 heavy (non-hydrogen) atoms. The Kier molecular flexibility index (Phi) is 2.70. The van der Waals surface area contributed by atoms with E-state index in [9.17, 15) is 0 Å². The second-order valence-corrected chi connectivity index (χ2v) is 2.99. The highest BCUT2D eigenvalue weighted by molar-refractivity contribution is 5.37. The number of nitrogens with two attached hydrogens (primary N) is 1. The van der Waals surface area contributed by atoms with Gasteiger partial charge in [0.1, 0.15) is 5.76 Å². The van der Waals surface area contributed by atoms with Crippen LogP contribution >= 0.6 is 0 Å². The van der Waals surface area contributed by atoms with E-state index in [1.54, 1.807) is 0 Å². The summed E-state index contributed by atoms with van der Waals surface area (Å²) in [5.41, 5.74) is 5.52. The van der Waals surface area contributed by atoms with Gasteiger partial charge in [0.2, 0.25) is 0 Å². The van der Waals surface area contributed by atoms with Crippen molar-refractivity contribution in [1.29, 1.82) is 0 Å². The van der Waals surface area contributed by atoms with Crippen LogP contribution in [0.15, 0.2) is 10.6 Å². The molecule has 68 valence electrons. The maximum atomic E-state index is 5.52. The van der Waals surface area contributed by atoms with Crippen LogP contribution in [0.5, 0.6) is 0 Å². The zero-order valence-corrected chi connectivity index (χ0v) is 7.74. The van der Waals surface area contributed by atoms with E-state index in [0.717, 1.165) is 11.6 Å². The third-order valence-electron chi connectivity index (χ3n) is 1.98. The first-order valence-electron chi connectivity index (χ1n) is 4.01. The van der Waals surface area contributed by atoms with Gasteiger partial charge in [0.15, 0.2) is 5.82 Å². The van der Waals surface area contributed by atoms with Gasteiger partial charge >= 0.3 is 0 Å². The van der Waals surface area contributed by atoms with Gasteiger partial charge in [-0.1, -0.05) is 5.16 Å². The summed E-state index contributed by atoms with van der Waals surface area (Å²) in [4.78, 5) is 2.00. The molecule has 4 heteroatoms. The summed E-state index contributed by atoms with van der Waals surface area (Å²) in [5, 5.41) is 3.88. The summed E-state index contributed by atoms with van der Waals surface area (Å²) in [6, 6.07) is 2.18. The number of likely N-dealkylation sites (N-methyl/N-ethyl adjacent to an activating group) is 1. The van der Waals surface area contributed by atoms with E-state index in [2.05, 4.69) is 5.16 Å². The van der Waals surface area contributed by atoms with Crippen LogP contribution in [0.4, 0.5) is 5.82 Å². The summed E-state index contributed by atoms with van der Waals surface area (Å²) < 4.78 is 4.95. The first kappa shape index (κ1) is 9.06. The topological polar surface area (TPSA) is 55.3 Å². The Morgan fingerprint density at radius 2 is 2.42 bits per heavy atom. The van der Waals surface area contributed by atoms with Crippen LogP contribution < -0.4 is 10.6 Å². The van der Waals surface area contributed by atoms with E-state index in [0.29, 0.717) is 6.54 Å². The molecule has 1 heterocycles. The van der Waals surface area contributed by atoms with Crippen LogP contribution in [0.2, 0.25) is 0 Å². The van der Waals surface area contributed by atoms with E-state index < -0.39 is 0 Å². The van der Waals surface area contributed by atoms with E-state index in [1.165, 1.54) is 0 Å². The predicted molar refractivity (Wildman–Crippen MR) is 48.2 cm³/mol. The summed E-state index contributed by atoms with van der Waals surface area (Å²) >= 11 is 0. The largest absolute Gasteiger partial charge is 0.360 e. The van der Waals surface area contributed by atoms with Gasteiger partial charge in [-0.25, -0.2) is 0 Å². The second-order valence-electron chi connectivity index (χ2n) is 2.99. The number of rotatable bonds is 3. The lowest BCUT2D eigenvalue weighted by Gasteiger charge is -2.22. The van der Waals surface area contributed by atoms with Crippen LogP contribution in [0, 0.1) is 6.92 Å². The number of nitrogens with zero attached hydrogens (tertiary/aromatic N) is 2. The fraction of sp³-hybridized carbons (Fsp3) is 0.625. The summed E-state index contributed by atoms with van der Waals surface area (Å²) in [6.45, 7) is 4.53. The molecule has 1 atom stereocenters. The number of aromatic nitrogens is 1. The molecule has 4 nitrogen and oxygen atoms in total. The fourth-order valence-corrected chi connectivity index (χ4v) is 0.903. The van der Waals surface area contributed by atoms with Gasteiger partial charge in [-0.2, -0.15) is 0 Å². The van der Waals surface area contributed by atoms with Crippen molar-refractivity contribution >= 4 is 5.82 Å². The van der Waals surface area contributed by atoms with Gasteiger partial charge in [-0.3, -0.25) is 0 Å². The lowest BCUT2D eigenvalue weighted by atomic mass is 10.3. The monoisotopic (exact) mass is 169 g/mol. The number of hydrogen-bond acceptors (Lipinski definition) is 4. The lowest BCUT2D eigenvalue weighted by molar-refractivity contribution is 0.396. The van der Waals surface area contributed by atoms with Crippen LogP contribution in [0.25, 0.3) is 0 Å². The standard InChI is InChI=1S/C8H15N3O/c1-6(5-9)11(3)8-4-7(2)12-10-8/h4,6H,5,9H2,1-3H3. The van der Waals surface area contributed by atoms with Crippen LogP contribution in [0.1, 0.15) is 12.7 Å². The molecular formula is C8H15N3O. The Bertz CT molecular complexity index is 246. The molecule has 0 fully saturated rings. The van der Waals surface area contributed by atoms with Crippen molar-refractivity contribution < 1.29 is 4.52 Å². The minimum Gasteiger partial charge on any atom is -0.360 e. The zero-order valence-electron chi connectivity index (χ0n) is 7.74. The van der Waals surface area contributed by atoms with Crippen LogP contribution in [0.3, 0.4) is 0 Å². The predicted octanol–water partition coefficient (Wildman–Crippen LogP) is 0.766. The van der Waals surface area contributed by atoms with E-state index in [1.807, 2.05) is 31.9 Å².